The molecule has 0 aliphatic carbocycles. The summed E-state index contributed by atoms with van der Waals surface area (Å²) >= 11 is 0. The van der Waals surface area contributed by atoms with Crippen LogP contribution in [0.15, 0.2) is 18.2 Å². The van der Waals surface area contributed by atoms with E-state index in [1.165, 1.54) is 0 Å². The maximum absolute atomic E-state index is 10.4. The van der Waals surface area contributed by atoms with Gasteiger partial charge in [-0.05, 0) is 6.07 Å². The van der Waals surface area contributed by atoms with E-state index in [9.17, 15) is 35.1 Å². The first-order chi connectivity index (χ1) is 9.76. The maximum atomic E-state index is 10.4. The van der Waals surface area contributed by atoms with E-state index >= 15 is 0 Å². The van der Waals surface area contributed by atoms with Crippen LogP contribution in [0.4, 0.5) is 17.1 Å². The van der Waals surface area contributed by atoms with E-state index < -0.39 is 31.8 Å². The highest BCUT2D eigenvalue weighted by Gasteiger charge is 2.34. The van der Waals surface area contributed by atoms with Gasteiger partial charge in [-0.3, -0.25) is 35.1 Å². The van der Waals surface area contributed by atoms with E-state index in [0.717, 1.165) is 18.2 Å². The zero-order valence-electron chi connectivity index (χ0n) is 11.3. The van der Waals surface area contributed by atoms with Crippen molar-refractivity contribution in [3.05, 3.63) is 48.5 Å². The molecule has 0 fully saturated rings. The second-order valence-electron chi connectivity index (χ2n) is 3.66. The molecule has 114 valence electrons. The number of carbonyl (C=O) groups excluding carboxylic acids is 1. The van der Waals surface area contributed by atoms with Gasteiger partial charge in [-0.15, -0.1) is 0 Å². The van der Waals surface area contributed by atoms with Crippen LogP contribution in [0.5, 0.6) is 0 Å². The van der Waals surface area contributed by atoms with Crippen LogP contribution >= 0.6 is 0 Å². The fourth-order valence-corrected chi connectivity index (χ4v) is 1.25. The number of nitro benzene ring substituents is 3. The molecule has 1 aromatic rings. The summed E-state index contributed by atoms with van der Waals surface area (Å²) < 4.78 is 0. The molecular formula is C11H13N3O7. The Kier molecular flexibility index (Phi) is 7.15. The number of carbonyl (C=O) groups is 1. The van der Waals surface area contributed by atoms with E-state index in [0.29, 0.717) is 18.6 Å². The van der Waals surface area contributed by atoms with Crippen LogP contribution in [0.2, 0.25) is 0 Å². The summed E-state index contributed by atoms with van der Waals surface area (Å²) in [5.74, 6) is 0.343. The monoisotopic (exact) mass is 299 g/mol. The van der Waals surface area contributed by atoms with Crippen molar-refractivity contribution < 1.29 is 19.6 Å². The van der Waals surface area contributed by atoms with Crippen molar-refractivity contribution in [3.63, 3.8) is 0 Å². The molecule has 10 heteroatoms. The highest BCUT2D eigenvalue weighted by atomic mass is 16.6. The lowest BCUT2D eigenvalue weighted by molar-refractivity contribution is -0.441. The molecule has 0 aromatic heterocycles. The van der Waals surface area contributed by atoms with Crippen LogP contribution in [0.3, 0.4) is 0 Å². The molecule has 0 aliphatic rings. The minimum Gasteiger partial charge on any atom is -0.300 e. The zero-order chi connectivity index (χ0) is 16.6. The van der Waals surface area contributed by atoms with Crippen molar-refractivity contribution >= 4 is 22.8 Å². The van der Waals surface area contributed by atoms with E-state index in [2.05, 4.69) is 0 Å². The zero-order valence-corrected chi connectivity index (χ0v) is 11.3. The quantitative estimate of drug-likeness (QED) is 0.599. The molecule has 21 heavy (non-hydrogen) atoms. The molecule has 0 saturated carbocycles. The average Bonchev–Trinajstić information content (AvgIpc) is 2.45. The molecular weight excluding hydrogens is 286 g/mol. The molecule has 0 aliphatic heterocycles. The summed E-state index contributed by atoms with van der Waals surface area (Å²) in [6, 6.07) is 2.69. The van der Waals surface area contributed by atoms with Crippen molar-refractivity contribution in [2.75, 3.05) is 0 Å². The first kappa shape index (κ1) is 18.1. The lowest BCUT2D eigenvalue weighted by atomic mass is 10.2. The normalized spacial score (nSPS) is 9.24. The fraction of sp³-hybridized carbons (Fsp3) is 0.364. The molecule has 0 N–H and O–H groups in total. The third kappa shape index (κ3) is 5.30. The van der Waals surface area contributed by atoms with Gasteiger partial charge in [-0.25, -0.2) is 0 Å². The number of para-hydroxylation sites is 1. The Morgan fingerprint density at radius 1 is 0.905 bits per heavy atom. The average molecular weight is 299 g/mol. The Morgan fingerprint density at radius 3 is 1.48 bits per heavy atom. The van der Waals surface area contributed by atoms with E-state index in [1.54, 1.807) is 0 Å². The Bertz CT molecular complexity index is 533. The van der Waals surface area contributed by atoms with Gasteiger partial charge in [0.2, 0.25) is 0 Å². The Labute approximate surface area is 118 Å². The molecule has 0 atom stereocenters. The van der Waals surface area contributed by atoms with E-state index in [4.69, 9.17) is 0 Å². The van der Waals surface area contributed by atoms with Gasteiger partial charge in [0.15, 0.2) is 0 Å². The Morgan fingerprint density at radius 2 is 1.29 bits per heavy atom. The highest BCUT2D eigenvalue weighted by Crippen LogP contribution is 2.35. The summed E-state index contributed by atoms with van der Waals surface area (Å²) in [6.07, 6.45) is 1.38. The van der Waals surface area contributed by atoms with Gasteiger partial charge in [-0.2, -0.15) is 0 Å². The van der Waals surface area contributed by atoms with Gasteiger partial charge in [0.1, 0.15) is 5.78 Å². The van der Waals surface area contributed by atoms with Crippen LogP contribution in [-0.2, 0) is 4.79 Å². The Balaban J connectivity index is 0.000000567. The van der Waals surface area contributed by atoms with Gasteiger partial charge in [0.25, 0.3) is 0 Å². The van der Waals surface area contributed by atoms with Crippen molar-refractivity contribution in [1.82, 2.24) is 0 Å². The lowest BCUT2D eigenvalue weighted by Gasteiger charge is -1.95. The minimum atomic E-state index is -1.14. The molecule has 10 nitrogen and oxygen atoms in total. The molecule has 0 spiro atoms. The van der Waals surface area contributed by atoms with Crippen molar-refractivity contribution in [1.29, 1.82) is 0 Å². The number of Topliss-reactive ketones (excluding diaryl/α,β-unsaturated/α-hetero) is 1. The Hall–Kier alpha value is -2.91. The van der Waals surface area contributed by atoms with Gasteiger partial charge >= 0.3 is 17.1 Å². The number of rotatable bonds is 5. The first-order valence-corrected chi connectivity index (χ1v) is 5.84. The van der Waals surface area contributed by atoms with E-state index in [-0.39, 0.29) is 0 Å². The van der Waals surface area contributed by atoms with Crippen LogP contribution < -0.4 is 0 Å². The number of nitro groups is 3. The van der Waals surface area contributed by atoms with Gasteiger partial charge in [0, 0.05) is 25.0 Å². The number of nitrogens with zero attached hydrogens (tertiary/aromatic N) is 3. The standard InChI is InChI=1S/C6H3N3O6.C5H10O/c10-7(11)4-2-1-3-5(8(12)13)6(4)9(14)15;1-3-5(6)4-2/h1-3H;3-4H2,1-2H3. The molecule has 0 amide bonds. The topological polar surface area (TPSA) is 146 Å². The summed E-state index contributed by atoms with van der Waals surface area (Å²) in [7, 11) is 0. The first-order valence-electron chi connectivity index (χ1n) is 5.84. The third-order valence-electron chi connectivity index (χ3n) is 2.36. The molecule has 0 unspecified atom stereocenters. The maximum Gasteiger partial charge on any atom is 0.422 e. The van der Waals surface area contributed by atoms with Crippen molar-refractivity contribution in [3.8, 4) is 0 Å². The minimum absolute atomic E-state index is 0.343. The predicted molar refractivity (Wildman–Crippen MR) is 72.0 cm³/mol. The van der Waals surface area contributed by atoms with Crippen LogP contribution in [-0.4, -0.2) is 20.6 Å². The summed E-state index contributed by atoms with van der Waals surface area (Å²) in [6.45, 7) is 3.76. The molecule has 0 saturated heterocycles. The van der Waals surface area contributed by atoms with Gasteiger partial charge < -0.3 is 0 Å². The fourth-order valence-electron chi connectivity index (χ4n) is 1.25. The summed E-state index contributed by atoms with van der Waals surface area (Å²) in [5, 5.41) is 31.2. The molecule has 1 aromatic carbocycles. The second kappa shape index (κ2) is 8.30. The van der Waals surface area contributed by atoms with Crippen molar-refractivity contribution in [2.45, 2.75) is 26.7 Å². The molecule has 0 heterocycles. The second-order valence-corrected chi connectivity index (χ2v) is 3.66. The van der Waals surface area contributed by atoms with Gasteiger partial charge in [0.05, 0.1) is 14.8 Å². The van der Waals surface area contributed by atoms with E-state index in [1.807, 2.05) is 13.8 Å². The largest absolute Gasteiger partial charge is 0.422 e. The number of hydrogen-bond acceptors (Lipinski definition) is 7. The predicted octanol–water partition coefficient (Wildman–Crippen LogP) is 2.79. The van der Waals surface area contributed by atoms with Gasteiger partial charge in [-0.1, -0.05) is 13.8 Å². The highest BCUT2D eigenvalue weighted by molar-refractivity contribution is 5.77. The number of ketones is 1. The number of benzene rings is 1. The van der Waals surface area contributed by atoms with Crippen LogP contribution in [0, 0.1) is 30.3 Å². The van der Waals surface area contributed by atoms with Crippen LogP contribution in [0.1, 0.15) is 26.7 Å². The molecule has 0 radical (unpaired) electrons. The lowest BCUT2D eigenvalue weighted by Crippen LogP contribution is -2.00. The van der Waals surface area contributed by atoms with Crippen LogP contribution in [0.25, 0.3) is 0 Å². The van der Waals surface area contributed by atoms with Crippen molar-refractivity contribution in [2.24, 2.45) is 0 Å². The summed E-state index contributed by atoms with van der Waals surface area (Å²) in [4.78, 5) is 38.2. The smallest absolute Gasteiger partial charge is 0.300 e. The molecule has 0 bridgehead atoms. The summed E-state index contributed by atoms with van der Waals surface area (Å²) in [5.41, 5.74) is -2.89. The number of hydrogen-bond donors (Lipinski definition) is 0. The molecule has 1 rings (SSSR count). The SMILES string of the molecule is CCC(=O)CC.O=[N+]([O-])c1cccc([N+](=O)[O-])c1[N+](=O)[O-]. The third-order valence-corrected chi connectivity index (χ3v) is 2.36.